The van der Waals surface area contributed by atoms with Crippen molar-refractivity contribution in [2.24, 2.45) is 11.3 Å². The Morgan fingerprint density at radius 2 is 1.27 bits per heavy atom. The van der Waals surface area contributed by atoms with Crippen molar-refractivity contribution in [3.05, 3.63) is 108 Å². The van der Waals surface area contributed by atoms with Crippen LogP contribution in [0.25, 0.3) is 0 Å². The van der Waals surface area contributed by atoms with E-state index in [4.69, 9.17) is 30.5 Å². The fraction of sp³-hybridized carbons (Fsp3) is 0.500. The van der Waals surface area contributed by atoms with Crippen LogP contribution in [0.4, 0.5) is 0 Å². The molecule has 0 bridgehead atoms. The first-order valence-electron chi connectivity index (χ1n) is 17.8. The Bertz CT molecular complexity index is 1600. The van der Waals surface area contributed by atoms with Gasteiger partial charge in [-0.05, 0) is 44.4 Å². The van der Waals surface area contributed by atoms with Crippen LogP contribution >= 0.6 is 23.4 Å². The smallest absolute Gasteiger partial charge is 0.196 e. The van der Waals surface area contributed by atoms with Gasteiger partial charge in [0.05, 0.1) is 41.6 Å². The van der Waals surface area contributed by atoms with Gasteiger partial charge in [0, 0.05) is 23.6 Å². The lowest BCUT2D eigenvalue weighted by atomic mass is 9.88. The SMILES string of the molecule is C[C@H](C#CCCCl)[C@@H](N[S@](=O)C(C)(C)C)[C@H]1O[C@H](SC(=O)C(C)(C)C)[C@H](OCc2ccccc2)[C@@H](OCc2ccccc2)[C@H]1OCc1ccccc1. The highest BCUT2D eigenvalue weighted by molar-refractivity contribution is 8.14. The van der Waals surface area contributed by atoms with Crippen molar-refractivity contribution in [2.45, 2.75) is 115 Å². The van der Waals surface area contributed by atoms with Crippen LogP contribution < -0.4 is 4.72 Å². The van der Waals surface area contributed by atoms with Crippen LogP contribution in [-0.4, -0.2) is 55.8 Å². The lowest BCUT2D eigenvalue weighted by molar-refractivity contribution is -0.252. The van der Waals surface area contributed by atoms with Gasteiger partial charge >= 0.3 is 0 Å². The van der Waals surface area contributed by atoms with E-state index in [1.54, 1.807) is 0 Å². The molecule has 0 spiro atoms. The van der Waals surface area contributed by atoms with Crippen molar-refractivity contribution in [3.63, 3.8) is 0 Å². The second kappa shape index (κ2) is 20.2. The zero-order valence-electron chi connectivity index (χ0n) is 31.4. The highest BCUT2D eigenvalue weighted by Crippen LogP contribution is 2.40. The third-order valence-electron chi connectivity index (χ3n) is 8.46. The predicted molar refractivity (Wildman–Crippen MR) is 213 cm³/mol. The summed E-state index contributed by atoms with van der Waals surface area (Å²) in [6, 6.07) is 29.2. The van der Waals surface area contributed by atoms with E-state index in [2.05, 4.69) is 16.6 Å². The molecule has 1 saturated heterocycles. The molecule has 0 aromatic heterocycles. The van der Waals surface area contributed by atoms with Gasteiger partial charge in [0.15, 0.2) is 5.12 Å². The minimum absolute atomic E-state index is 0.0484. The summed E-state index contributed by atoms with van der Waals surface area (Å²) in [4.78, 5) is 13.8. The number of carbonyl (C=O) groups is 1. The lowest BCUT2D eigenvalue weighted by Crippen LogP contribution is -2.65. The highest BCUT2D eigenvalue weighted by Gasteiger charge is 2.53. The number of hydrogen-bond donors (Lipinski definition) is 1. The van der Waals surface area contributed by atoms with Crippen molar-refractivity contribution < 1.29 is 28.0 Å². The summed E-state index contributed by atoms with van der Waals surface area (Å²) in [5.74, 6) is 6.56. The molecule has 1 heterocycles. The fourth-order valence-corrected chi connectivity index (χ4v) is 7.63. The molecular formula is C42H54ClNO6S2. The van der Waals surface area contributed by atoms with Gasteiger partial charge in [-0.3, -0.25) is 4.79 Å². The number of carbonyl (C=O) groups excluding carboxylic acids is 1. The molecule has 10 heteroatoms. The molecular weight excluding hydrogens is 714 g/mol. The van der Waals surface area contributed by atoms with Crippen LogP contribution in [0.3, 0.4) is 0 Å². The summed E-state index contributed by atoms with van der Waals surface area (Å²) in [5, 5.41) is -0.0484. The molecule has 1 fully saturated rings. The normalized spacial score (nSPS) is 22.5. The summed E-state index contributed by atoms with van der Waals surface area (Å²) >= 11 is 7.11. The first-order valence-corrected chi connectivity index (χ1v) is 20.4. The van der Waals surface area contributed by atoms with Crippen LogP contribution in [0.5, 0.6) is 0 Å². The van der Waals surface area contributed by atoms with E-state index in [-0.39, 0.29) is 30.9 Å². The summed E-state index contributed by atoms with van der Waals surface area (Å²) < 4.78 is 44.3. The molecule has 1 aliphatic rings. The van der Waals surface area contributed by atoms with Gasteiger partial charge in [0.25, 0.3) is 0 Å². The number of alkyl halides is 1. The van der Waals surface area contributed by atoms with Gasteiger partial charge in [-0.25, -0.2) is 8.93 Å². The maximum Gasteiger partial charge on any atom is 0.196 e. The van der Waals surface area contributed by atoms with E-state index in [1.165, 1.54) is 0 Å². The van der Waals surface area contributed by atoms with Crippen LogP contribution in [0, 0.1) is 23.2 Å². The minimum atomic E-state index is -1.49. The molecule has 0 unspecified atom stereocenters. The van der Waals surface area contributed by atoms with E-state index in [0.29, 0.717) is 12.3 Å². The average molecular weight is 768 g/mol. The second-order valence-corrected chi connectivity index (χ2v) is 18.4. The molecule has 0 amide bonds. The molecule has 52 heavy (non-hydrogen) atoms. The van der Waals surface area contributed by atoms with Crippen molar-refractivity contribution in [2.75, 3.05) is 5.88 Å². The Balaban J connectivity index is 1.86. The quantitative estimate of drug-likeness (QED) is 0.123. The zero-order chi connectivity index (χ0) is 37.7. The highest BCUT2D eigenvalue weighted by atomic mass is 35.5. The van der Waals surface area contributed by atoms with Crippen LogP contribution in [0.15, 0.2) is 91.0 Å². The van der Waals surface area contributed by atoms with Crippen molar-refractivity contribution in [1.29, 1.82) is 0 Å². The molecule has 0 radical (unpaired) electrons. The summed E-state index contributed by atoms with van der Waals surface area (Å²) in [7, 11) is -1.49. The molecule has 3 aromatic carbocycles. The van der Waals surface area contributed by atoms with E-state index in [9.17, 15) is 9.00 Å². The van der Waals surface area contributed by atoms with Gasteiger partial charge < -0.3 is 18.9 Å². The third-order valence-corrected chi connectivity index (χ3v) is 11.7. The third kappa shape index (κ3) is 12.8. The Labute approximate surface area is 322 Å². The number of halogens is 1. The molecule has 282 valence electrons. The Hall–Kier alpha value is -2.52. The number of benzene rings is 3. The first-order chi connectivity index (χ1) is 24.8. The van der Waals surface area contributed by atoms with Gasteiger partial charge in [0.1, 0.15) is 29.9 Å². The summed E-state index contributed by atoms with van der Waals surface area (Å²) in [6.45, 7) is 14.2. The molecule has 7 nitrogen and oxygen atoms in total. The number of thioether (sulfide) groups is 1. The number of ether oxygens (including phenoxy) is 4. The van der Waals surface area contributed by atoms with E-state index in [1.807, 2.05) is 139 Å². The van der Waals surface area contributed by atoms with Gasteiger partial charge in [-0.2, -0.15) is 0 Å². The summed E-state index contributed by atoms with van der Waals surface area (Å²) in [6.07, 6.45) is -2.39. The first kappa shape index (κ1) is 42.2. The lowest BCUT2D eigenvalue weighted by Gasteiger charge is -2.49. The number of hydrogen-bond acceptors (Lipinski definition) is 7. The Morgan fingerprint density at radius 1 is 0.808 bits per heavy atom. The van der Waals surface area contributed by atoms with Crippen molar-refractivity contribution in [1.82, 2.24) is 4.72 Å². The van der Waals surface area contributed by atoms with Gasteiger partial charge in [0.2, 0.25) is 0 Å². The second-order valence-electron chi connectivity index (χ2n) is 15.0. The maximum absolute atomic E-state index is 13.9. The standard InChI is InChI=1S/C42H54ClNO6S2/c1-30(19-17-18-26-43)34(44-52(46)42(5,6)7)35-36(47-27-31-20-11-8-12-21-31)37(48-28-32-22-13-9-14-23-32)38(49-29-33-24-15-10-16-25-33)39(50-35)51-40(45)41(2,3)4/h8-16,20-25,30,34-39,44H,18,26-29H2,1-7H3/t30-,34-,35-,36+,37+,38-,39-,52-/m1/s1. The molecule has 4 rings (SSSR count). The van der Waals surface area contributed by atoms with Gasteiger partial charge in [-0.15, -0.1) is 17.5 Å². The Morgan fingerprint density at radius 3 is 1.71 bits per heavy atom. The van der Waals surface area contributed by atoms with E-state index in [0.717, 1.165) is 28.5 Å². The van der Waals surface area contributed by atoms with Crippen LogP contribution in [0.2, 0.25) is 0 Å². The molecule has 0 aliphatic carbocycles. The number of rotatable bonds is 15. The maximum atomic E-state index is 13.9. The summed E-state index contributed by atoms with van der Waals surface area (Å²) in [5.41, 5.74) is 1.49. The van der Waals surface area contributed by atoms with Crippen molar-refractivity contribution >= 4 is 39.5 Å². The minimum Gasteiger partial charge on any atom is -0.368 e. The largest absolute Gasteiger partial charge is 0.368 e. The molecule has 1 aliphatic heterocycles. The predicted octanol–water partition coefficient (Wildman–Crippen LogP) is 8.46. The molecule has 1 N–H and O–H groups in total. The van der Waals surface area contributed by atoms with Crippen LogP contribution in [0.1, 0.15) is 71.6 Å². The van der Waals surface area contributed by atoms with E-state index >= 15 is 0 Å². The van der Waals surface area contributed by atoms with E-state index < -0.39 is 57.0 Å². The van der Waals surface area contributed by atoms with Gasteiger partial charge in [-0.1, -0.05) is 129 Å². The van der Waals surface area contributed by atoms with Crippen LogP contribution in [-0.2, 0) is 54.5 Å². The number of nitrogens with one attached hydrogen (secondary N) is 1. The zero-order valence-corrected chi connectivity index (χ0v) is 33.8. The molecule has 0 saturated carbocycles. The fourth-order valence-electron chi connectivity index (χ4n) is 5.48. The topological polar surface area (TPSA) is 83.1 Å². The average Bonchev–Trinajstić information content (AvgIpc) is 3.12. The Kier molecular flexibility index (Phi) is 16.4. The van der Waals surface area contributed by atoms with Crippen molar-refractivity contribution in [3.8, 4) is 11.8 Å². The molecule has 8 atom stereocenters. The molecule has 3 aromatic rings. The monoisotopic (exact) mass is 767 g/mol.